The van der Waals surface area contributed by atoms with Gasteiger partial charge in [-0.1, -0.05) is 48.0 Å². The fraction of sp³-hybridized carbons (Fsp3) is 0.619. The number of methoxy groups -OCH3 is 1. The molecule has 0 amide bonds. The van der Waals surface area contributed by atoms with Crippen LogP contribution in [0.2, 0.25) is 0 Å². The maximum absolute atomic E-state index is 5.58. The van der Waals surface area contributed by atoms with Crippen LogP contribution >= 0.6 is 48.0 Å². The average molecular weight is 474 g/mol. The van der Waals surface area contributed by atoms with Gasteiger partial charge in [-0.25, -0.2) is 0 Å². The van der Waals surface area contributed by atoms with Crippen LogP contribution in [0.5, 0.6) is 5.75 Å². The number of anilines is 1. The molecule has 0 atom stereocenters. The minimum Gasteiger partial charge on any atom is -0.497 e. The molecule has 8 heteroatoms. The SMILES string of the molecule is CCN(CC)C(=S)SCCN(CCSC(=S)N(CC)CC)c1ccc(OC)cc1. The zero-order valence-corrected chi connectivity index (χ0v) is 21.6. The van der Waals surface area contributed by atoms with Gasteiger partial charge in [-0.2, -0.15) is 0 Å². The summed E-state index contributed by atoms with van der Waals surface area (Å²) in [5, 5.41) is 0. The van der Waals surface area contributed by atoms with Crippen molar-refractivity contribution in [2.24, 2.45) is 0 Å². The summed E-state index contributed by atoms with van der Waals surface area (Å²) < 4.78 is 7.28. The van der Waals surface area contributed by atoms with Gasteiger partial charge in [0, 0.05) is 56.5 Å². The average Bonchev–Trinajstić information content (AvgIpc) is 2.74. The summed E-state index contributed by atoms with van der Waals surface area (Å²) in [5.74, 6) is 2.81. The van der Waals surface area contributed by atoms with Gasteiger partial charge >= 0.3 is 0 Å². The van der Waals surface area contributed by atoms with Crippen LogP contribution in [0.15, 0.2) is 24.3 Å². The minimum atomic E-state index is 0.878. The number of thiocarbonyl (C=S) groups is 2. The first kappa shape index (κ1) is 26.3. The van der Waals surface area contributed by atoms with Gasteiger partial charge in [0.05, 0.1) is 7.11 Å². The Kier molecular flexibility index (Phi) is 13.8. The molecular weight excluding hydrogens is 439 g/mol. The van der Waals surface area contributed by atoms with Gasteiger partial charge < -0.3 is 19.4 Å². The molecule has 0 saturated carbocycles. The van der Waals surface area contributed by atoms with Crippen molar-refractivity contribution in [3.05, 3.63) is 24.3 Å². The van der Waals surface area contributed by atoms with Gasteiger partial charge in [0.25, 0.3) is 0 Å². The molecule has 1 aromatic carbocycles. The Bertz CT molecular complexity index is 574. The van der Waals surface area contributed by atoms with E-state index in [0.717, 1.165) is 65.2 Å². The van der Waals surface area contributed by atoms with Gasteiger partial charge in [0.2, 0.25) is 0 Å². The normalized spacial score (nSPS) is 10.5. The van der Waals surface area contributed by atoms with Crippen LogP contribution in [-0.2, 0) is 0 Å². The zero-order valence-electron chi connectivity index (χ0n) is 18.3. The maximum atomic E-state index is 5.58. The second-order valence-corrected chi connectivity index (χ2v) is 9.72. The smallest absolute Gasteiger partial charge is 0.136 e. The third kappa shape index (κ3) is 9.32. The molecular formula is C21H35N3OS4. The first-order valence-corrected chi connectivity index (χ1v) is 13.0. The van der Waals surface area contributed by atoms with Crippen molar-refractivity contribution in [2.45, 2.75) is 27.7 Å². The number of hydrogen-bond acceptors (Lipinski definition) is 6. The van der Waals surface area contributed by atoms with Gasteiger partial charge in [0.1, 0.15) is 14.4 Å². The lowest BCUT2D eigenvalue weighted by Crippen LogP contribution is -2.32. The molecule has 29 heavy (non-hydrogen) atoms. The fourth-order valence-electron chi connectivity index (χ4n) is 2.80. The van der Waals surface area contributed by atoms with Crippen molar-refractivity contribution in [3.8, 4) is 5.75 Å². The molecule has 1 aromatic rings. The first-order chi connectivity index (χ1) is 14.0. The third-order valence-corrected chi connectivity index (χ3v) is 7.66. The Balaban J connectivity index is 2.68. The third-order valence-electron chi connectivity index (χ3n) is 4.65. The Labute approximate surface area is 196 Å². The van der Waals surface area contributed by atoms with Crippen molar-refractivity contribution in [1.82, 2.24) is 9.80 Å². The Morgan fingerprint density at radius 1 is 0.793 bits per heavy atom. The molecule has 0 aliphatic heterocycles. The molecule has 0 aromatic heterocycles. The van der Waals surface area contributed by atoms with Gasteiger partial charge in [-0.05, 0) is 52.0 Å². The highest BCUT2D eigenvalue weighted by Crippen LogP contribution is 2.21. The summed E-state index contributed by atoms with van der Waals surface area (Å²) in [6, 6.07) is 8.28. The molecule has 4 nitrogen and oxygen atoms in total. The summed E-state index contributed by atoms with van der Waals surface area (Å²) in [6.45, 7) is 14.3. The molecule has 0 heterocycles. The van der Waals surface area contributed by atoms with E-state index >= 15 is 0 Å². The van der Waals surface area contributed by atoms with Gasteiger partial charge in [-0.3, -0.25) is 0 Å². The standard InChI is InChI=1S/C21H35N3OS4/c1-6-22(7-2)20(26)28-16-14-24(18-10-12-19(25-5)13-11-18)15-17-29-21(27)23(8-3)9-4/h10-13H,6-9,14-17H2,1-5H3. The quantitative estimate of drug-likeness (QED) is 0.380. The van der Waals surface area contributed by atoms with Crippen LogP contribution in [0.1, 0.15) is 27.7 Å². The molecule has 0 aliphatic rings. The van der Waals surface area contributed by atoms with Crippen LogP contribution in [0.25, 0.3) is 0 Å². The highest BCUT2D eigenvalue weighted by Gasteiger charge is 2.12. The molecule has 0 bridgehead atoms. The number of ether oxygens (including phenoxy) is 1. The van der Waals surface area contributed by atoms with Crippen LogP contribution in [0.3, 0.4) is 0 Å². The van der Waals surface area contributed by atoms with E-state index in [1.54, 1.807) is 30.6 Å². The van der Waals surface area contributed by atoms with Gasteiger partial charge in [0.15, 0.2) is 0 Å². The predicted octanol–water partition coefficient (Wildman–Crippen LogP) is 5.22. The predicted molar refractivity (Wildman–Crippen MR) is 141 cm³/mol. The van der Waals surface area contributed by atoms with Crippen LogP contribution in [0.4, 0.5) is 5.69 Å². The second-order valence-electron chi connectivity index (χ2n) is 6.26. The molecule has 0 N–H and O–H groups in total. The fourth-order valence-corrected chi connectivity index (χ4v) is 5.67. The highest BCUT2D eigenvalue weighted by molar-refractivity contribution is 8.23. The van der Waals surface area contributed by atoms with Crippen LogP contribution in [-0.4, -0.2) is 76.3 Å². The summed E-state index contributed by atoms with van der Waals surface area (Å²) in [6.07, 6.45) is 0. The van der Waals surface area contributed by atoms with E-state index in [2.05, 4.69) is 54.5 Å². The molecule has 0 spiro atoms. The monoisotopic (exact) mass is 473 g/mol. The molecule has 164 valence electrons. The minimum absolute atomic E-state index is 0.878. The van der Waals surface area contributed by atoms with Crippen molar-refractivity contribution in [1.29, 1.82) is 0 Å². The molecule has 0 fully saturated rings. The lowest BCUT2D eigenvalue weighted by atomic mass is 10.2. The molecule has 0 saturated heterocycles. The number of hydrogen-bond donors (Lipinski definition) is 0. The topological polar surface area (TPSA) is 19.0 Å². The number of benzene rings is 1. The second kappa shape index (κ2) is 15.2. The van der Waals surface area contributed by atoms with Crippen LogP contribution < -0.4 is 9.64 Å². The Morgan fingerprint density at radius 3 is 1.55 bits per heavy atom. The van der Waals surface area contributed by atoms with E-state index in [4.69, 9.17) is 29.2 Å². The van der Waals surface area contributed by atoms with E-state index < -0.39 is 0 Å². The van der Waals surface area contributed by atoms with E-state index in [9.17, 15) is 0 Å². The Morgan fingerprint density at radius 2 is 1.21 bits per heavy atom. The number of rotatable bonds is 12. The van der Waals surface area contributed by atoms with E-state index in [1.165, 1.54) is 5.69 Å². The zero-order chi connectivity index (χ0) is 21.6. The Hall–Kier alpha value is -0.700. The van der Waals surface area contributed by atoms with E-state index in [1.807, 2.05) is 12.1 Å². The highest BCUT2D eigenvalue weighted by atomic mass is 32.2. The van der Waals surface area contributed by atoms with Crippen molar-refractivity contribution >= 4 is 62.3 Å². The van der Waals surface area contributed by atoms with Crippen molar-refractivity contribution in [3.63, 3.8) is 0 Å². The first-order valence-electron chi connectivity index (χ1n) is 10.2. The molecule has 1 rings (SSSR count). The van der Waals surface area contributed by atoms with Gasteiger partial charge in [-0.15, -0.1) is 0 Å². The van der Waals surface area contributed by atoms with E-state index in [-0.39, 0.29) is 0 Å². The summed E-state index contributed by atoms with van der Waals surface area (Å²) in [7, 11) is 1.70. The lowest BCUT2D eigenvalue weighted by Gasteiger charge is -2.27. The summed E-state index contributed by atoms with van der Waals surface area (Å²) in [4.78, 5) is 6.88. The molecule has 0 radical (unpaired) electrons. The number of nitrogens with zero attached hydrogens (tertiary/aromatic N) is 3. The lowest BCUT2D eigenvalue weighted by molar-refractivity contribution is 0.415. The maximum Gasteiger partial charge on any atom is 0.136 e. The summed E-state index contributed by atoms with van der Waals surface area (Å²) >= 11 is 14.7. The molecule has 0 aliphatic carbocycles. The largest absolute Gasteiger partial charge is 0.497 e. The van der Waals surface area contributed by atoms with Crippen molar-refractivity contribution in [2.75, 3.05) is 62.8 Å². The molecule has 0 unspecified atom stereocenters. The van der Waals surface area contributed by atoms with Crippen molar-refractivity contribution < 1.29 is 4.74 Å². The number of thioether (sulfide) groups is 2. The summed E-state index contributed by atoms with van der Waals surface area (Å²) in [5.41, 5.74) is 1.20. The van der Waals surface area contributed by atoms with Crippen LogP contribution in [0, 0.1) is 0 Å². The van der Waals surface area contributed by atoms with E-state index in [0.29, 0.717) is 0 Å².